The summed E-state index contributed by atoms with van der Waals surface area (Å²) < 4.78 is 5.80. The van der Waals surface area contributed by atoms with Gasteiger partial charge in [0.15, 0.2) is 0 Å². The molecular formula is C16H28N2O. The number of nitrogens with zero attached hydrogens (tertiary/aromatic N) is 1. The largest absolute Gasteiger partial charge is 0.475 e. The van der Waals surface area contributed by atoms with E-state index in [4.69, 9.17) is 4.74 Å². The van der Waals surface area contributed by atoms with E-state index in [-0.39, 0.29) is 6.10 Å². The number of pyridine rings is 1. The minimum atomic E-state index is 0.238. The summed E-state index contributed by atoms with van der Waals surface area (Å²) >= 11 is 0. The van der Waals surface area contributed by atoms with Crippen LogP contribution < -0.4 is 10.1 Å². The van der Waals surface area contributed by atoms with Gasteiger partial charge in [-0.15, -0.1) is 0 Å². The van der Waals surface area contributed by atoms with Crippen LogP contribution in [0, 0.1) is 12.8 Å². The first kappa shape index (κ1) is 16.0. The second kappa shape index (κ2) is 8.16. The second-order valence-corrected chi connectivity index (χ2v) is 5.64. The molecule has 0 aromatic carbocycles. The third-order valence-corrected chi connectivity index (χ3v) is 3.05. The van der Waals surface area contributed by atoms with Crippen LogP contribution in [0.15, 0.2) is 12.1 Å². The molecule has 3 heteroatoms. The Kier molecular flexibility index (Phi) is 6.85. The van der Waals surface area contributed by atoms with Crippen LogP contribution in [0.1, 0.15) is 51.8 Å². The van der Waals surface area contributed by atoms with E-state index in [1.807, 2.05) is 13.0 Å². The molecule has 19 heavy (non-hydrogen) atoms. The maximum atomic E-state index is 5.80. The third-order valence-electron chi connectivity index (χ3n) is 3.05. The van der Waals surface area contributed by atoms with Crippen LogP contribution in [0.4, 0.5) is 0 Å². The van der Waals surface area contributed by atoms with Crippen LogP contribution in [0.25, 0.3) is 0 Å². The lowest BCUT2D eigenvalue weighted by atomic mass is 10.2. The van der Waals surface area contributed by atoms with Gasteiger partial charge in [0.2, 0.25) is 5.88 Å². The summed E-state index contributed by atoms with van der Waals surface area (Å²) in [6, 6.07) is 4.09. The van der Waals surface area contributed by atoms with E-state index in [0.717, 1.165) is 37.5 Å². The van der Waals surface area contributed by atoms with Crippen LogP contribution in [-0.4, -0.2) is 17.6 Å². The number of aromatic nitrogens is 1. The molecule has 0 aliphatic carbocycles. The highest BCUT2D eigenvalue weighted by Crippen LogP contribution is 2.15. The molecule has 0 amide bonds. The molecule has 3 nitrogen and oxygen atoms in total. The van der Waals surface area contributed by atoms with Gasteiger partial charge < -0.3 is 10.1 Å². The zero-order chi connectivity index (χ0) is 14.3. The van der Waals surface area contributed by atoms with E-state index in [9.17, 15) is 0 Å². The highest BCUT2D eigenvalue weighted by atomic mass is 16.5. The van der Waals surface area contributed by atoms with Crippen molar-refractivity contribution in [2.45, 2.75) is 60.1 Å². The number of rotatable bonds is 8. The Morgan fingerprint density at radius 2 is 2.00 bits per heavy atom. The molecule has 108 valence electrons. The molecule has 1 unspecified atom stereocenters. The van der Waals surface area contributed by atoms with Gasteiger partial charge in [-0.25, -0.2) is 4.98 Å². The van der Waals surface area contributed by atoms with Gasteiger partial charge >= 0.3 is 0 Å². The fraction of sp³-hybridized carbons (Fsp3) is 0.688. The molecule has 1 N–H and O–H groups in total. The maximum Gasteiger partial charge on any atom is 0.213 e. The molecule has 1 heterocycles. The summed E-state index contributed by atoms with van der Waals surface area (Å²) in [7, 11) is 0. The molecule has 0 saturated heterocycles. The quantitative estimate of drug-likeness (QED) is 0.777. The molecule has 0 aliphatic heterocycles. The Morgan fingerprint density at radius 1 is 1.26 bits per heavy atom. The van der Waals surface area contributed by atoms with Crippen molar-refractivity contribution in [3.63, 3.8) is 0 Å². The standard InChI is InChI=1S/C16H28N2O/c1-6-7-13(4)19-16-9-8-15(14(5)18-16)11-17-10-12(2)3/h8-9,12-13,17H,6-7,10-11H2,1-5H3. The fourth-order valence-corrected chi connectivity index (χ4v) is 1.99. The van der Waals surface area contributed by atoms with Crippen molar-refractivity contribution in [1.82, 2.24) is 10.3 Å². The summed E-state index contributed by atoms with van der Waals surface area (Å²) in [4.78, 5) is 4.53. The third kappa shape index (κ3) is 6.06. The van der Waals surface area contributed by atoms with E-state index in [1.165, 1.54) is 5.56 Å². The van der Waals surface area contributed by atoms with E-state index < -0.39 is 0 Å². The lowest BCUT2D eigenvalue weighted by molar-refractivity contribution is 0.201. The number of ether oxygens (including phenoxy) is 1. The average molecular weight is 264 g/mol. The van der Waals surface area contributed by atoms with Gasteiger partial charge in [0.25, 0.3) is 0 Å². The first-order chi connectivity index (χ1) is 9.02. The van der Waals surface area contributed by atoms with Gasteiger partial charge in [-0.3, -0.25) is 0 Å². The molecule has 1 aromatic heterocycles. The number of nitrogens with one attached hydrogen (secondary N) is 1. The topological polar surface area (TPSA) is 34.1 Å². The molecule has 1 atom stereocenters. The summed E-state index contributed by atoms with van der Waals surface area (Å²) in [5, 5.41) is 3.44. The fourth-order valence-electron chi connectivity index (χ4n) is 1.99. The summed E-state index contributed by atoms with van der Waals surface area (Å²) in [6.45, 7) is 12.6. The van der Waals surface area contributed by atoms with Crippen LogP contribution in [0.2, 0.25) is 0 Å². The predicted molar refractivity (Wildman–Crippen MR) is 80.5 cm³/mol. The average Bonchev–Trinajstić information content (AvgIpc) is 2.31. The summed E-state index contributed by atoms with van der Waals surface area (Å²) in [5.41, 5.74) is 2.30. The Morgan fingerprint density at radius 3 is 2.58 bits per heavy atom. The SMILES string of the molecule is CCCC(C)Oc1ccc(CNCC(C)C)c(C)n1. The van der Waals surface area contributed by atoms with Crippen molar-refractivity contribution in [2.75, 3.05) is 6.54 Å². The second-order valence-electron chi connectivity index (χ2n) is 5.64. The highest BCUT2D eigenvalue weighted by molar-refractivity contribution is 5.25. The van der Waals surface area contributed by atoms with Crippen molar-refractivity contribution in [1.29, 1.82) is 0 Å². The number of hydrogen-bond donors (Lipinski definition) is 1. The van der Waals surface area contributed by atoms with E-state index in [2.05, 4.69) is 44.1 Å². The van der Waals surface area contributed by atoms with Crippen molar-refractivity contribution < 1.29 is 4.74 Å². The van der Waals surface area contributed by atoms with E-state index in [0.29, 0.717) is 5.92 Å². The number of hydrogen-bond acceptors (Lipinski definition) is 3. The van der Waals surface area contributed by atoms with Crippen molar-refractivity contribution in [3.8, 4) is 5.88 Å². The maximum absolute atomic E-state index is 5.80. The molecule has 0 radical (unpaired) electrons. The Balaban J connectivity index is 2.54. The van der Waals surface area contributed by atoms with Crippen LogP contribution in [-0.2, 0) is 6.54 Å². The minimum Gasteiger partial charge on any atom is -0.475 e. The van der Waals surface area contributed by atoms with Crippen molar-refractivity contribution in [3.05, 3.63) is 23.4 Å². The van der Waals surface area contributed by atoms with Gasteiger partial charge in [0.05, 0.1) is 6.10 Å². The molecule has 0 bridgehead atoms. The van der Waals surface area contributed by atoms with Gasteiger partial charge in [0, 0.05) is 18.3 Å². The van der Waals surface area contributed by atoms with Gasteiger partial charge in [-0.2, -0.15) is 0 Å². The van der Waals surface area contributed by atoms with Gasteiger partial charge in [0.1, 0.15) is 0 Å². The molecule has 0 saturated carbocycles. The van der Waals surface area contributed by atoms with E-state index >= 15 is 0 Å². The van der Waals surface area contributed by atoms with Gasteiger partial charge in [-0.05, 0) is 38.3 Å². The first-order valence-electron chi connectivity index (χ1n) is 7.36. The molecular weight excluding hydrogens is 236 g/mol. The zero-order valence-corrected chi connectivity index (χ0v) is 13.0. The Labute approximate surface area is 117 Å². The minimum absolute atomic E-state index is 0.238. The predicted octanol–water partition coefficient (Wildman–Crippen LogP) is 3.70. The monoisotopic (exact) mass is 264 g/mol. The smallest absolute Gasteiger partial charge is 0.213 e. The number of aryl methyl sites for hydroxylation is 1. The molecule has 0 aliphatic rings. The zero-order valence-electron chi connectivity index (χ0n) is 13.0. The Bertz CT molecular complexity index is 377. The molecule has 0 spiro atoms. The highest BCUT2D eigenvalue weighted by Gasteiger charge is 2.06. The first-order valence-corrected chi connectivity index (χ1v) is 7.36. The lowest BCUT2D eigenvalue weighted by Gasteiger charge is -2.15. The van der Waals surface area contributed by atoms with Crippen molar-refractivity contribution >= 4 is 0 Å². The van der Waals surface area contributed by atoms with Crippen LogP contribution in [0.3, 0.4) is 0 Å². The summed E-state index contributed by atoms with van der Waals surface area (Å²) in [6.07, 6.45) is 2.44. The molecule has 0 fully saturated rings. The van der Waals surface area contributed by atoms with Gasteiger partial charge in [-0.1, -0.05) is 33.3 Å². The molecule has 1 aromatic rings. The summed E-state index contributed by atoms with van der Waals surface area (Å²) in [5.74, 6) is 1.41. The molecule has 1 rings (SSSR count). The van der Waals surface area contributed by atoms with E-state index in [1.54, 1.807) is 0 Å². The normalized spacial score (nSPS) is 12.7. The lowest BCUT2D eigenvalue weighted by Crippen LogP contribution is -2.20. The van der Waals surface area contributed by atoms with Crippen LogP contribution in [0.5, 0.6) is 5.88 Å². The van der Waals surface area contributed by atoms with Crippen molar-refractivity contribution in [2.24, 2.45) is 5.92 Å². The van der Waals surface area contributed by atoms with Crippen LogP contribution >= 0.6 is 0 Å². The Hall–Kier alpha value is -1.09.